The second-order valence-electron chi connectivity index (χ2n) is 6.75. The first-order valence-electron chi connectivity index (χ1n) is 9.69. The molecule has 1 fully saturated rings. The highest BCUT2D eigenvalue weighted by molar-refractivity contribution is 6.04. The molecule has 2 aromatic rings. The number of aliphatic hydroxyl groups excluding tert-OH is 1. The Morgan fingerprint density at radius 2 is 1.97 bits per heavy atom. The largest absolute Gasteiger partial charge is 0.386 e. The molecule has 7 nitrogen and oxygen atoms in total. The van der Waals surface area contributed by atoms with Gasteiger partial charge in [0.2, 0.25) is 5.91 Å². The predicted octanol–water partition coefficient (Wildman–Crippen LogP) is 2.24. The fraction of sp³-hybridized carbons (Fsp3) is 0.364. The summed E-state index contributed by atoms with van der Waals surface area (Å²) in [4.78, 5) is 26.1. The molecule has 0 bridgehead atoms. The smallest absolute Gasteiger partial charge is 0.255 e. The molecule has 0 spiro atoms. The normalized spacial score (nSPS) is 17.8. The zero-order valence-electron chi connectivity index (χ0n) is 16.4. The maximum atomic E-state index is 12.3. The van der Waals surface area contributed by atoms with E-state index in [9.17, 15) is 14.7 Å². The first kappa shape index (κ1) is 21.0. The maximum Gasteiger partial charge on any atom is 0.255 e. The van der Waals surface area contributed by atoms with Crippen molar-refractivity contribution in [3.05, 3.63) is 65.7 Å². The highest BCUT2D eigenvalue weighted by atomic mass is 16.5. The molecule has 1 aliphatic heterocycles. The Bertz CT molecular complexity index is 810. The van der Waals surface area contributed by atoms with Gasteiger partial charge in [0.15, 0.2) is 0 Å². The van der Waals surface area contributed by atoms with Gasteiger partial charge in [0.05, 0.1) is 19.3 Å². The summed E-state index contributed by atoms with van der Waals surface area (Å²) < 4.78 is 10.7. The molecule has 0 radical (unpaired) electrons. The van der Waals surface area contributed by atoms with E-state index in [1.54, 1.807) is 53.4 Å². The molecule has 1 heterocycles. The molecule has 2 atom stereocenters. The number of hydrogen-bond donors (Lipinski definition) is 2. The van der Waals surface area contributed by atoms with Crippen LogP contribution in [0.2, 0.25) is 0 Å². The molecule has 29 heavy (non-hydrogen) atoms. The van der Waals surface area contributed by atoms with E-state index in [0.29, 0.717) is 36.6 Å². The van der Waals surface area contributed by atoms with Crippen LogP contribution in [0.15, 0.2) is 54.6 Å². The quantitative estimate of drug-likeness (QED) is 0.666. The summed E-state index contributed by atoms with van der Waals surface area (Å²) in [7, 11) is 0. The van der Waals surface area contributed by atoms with Crippen molar-refractivity contribution >= 4 is 17.5 Å². The number of carbonyl (C=O) groups is 2. The molecule has 0 unspecified atom stereocenters. The number of aliphatic hydroxyl groups is 1. The Labute approximate surface area is 170 Å². The molecular formula is C22H26N2O5. The van der Waals surface area contributed by atoms with Gasteiger partial charge in [-0.05, 0) is 36.8 Å². The number of anilines is 1. The van der Waals surface area contributed by atoms with Gasteiger partial charge < -0.3 is 24.8 Å². The molecule has 1 aliphatic rings. The molecule has 2 aromatic carbocycles. The average Bonchev–Trinajstić information content (AvgIpc) is 2.75. The van der Waals surface area contributed by atoms with E-state index in [1.165, 1.54) is 0 Å². The van der Waals surface area contributed by atoms with E-state index in [0.717, 1.165) is 0 Å². The van der Waals surface area contributed by atoms with Gasteiger partial charge in [0.1, 0.15) is 12.7 Å². The number of carbonyl (C=O) groups excluding carboxylic acids is 2. The molecule has 0 aromatic heterocycles. The first-order chi connectivity index (χ1) is 14.1. The van der Waals surface area contributed by atoms with Crippen molar-refractivity contribution < 1.29 is 24.2 Å². The minimum Gasteiger partial charge on any atom is -0.386 e. The Hall–Kier alpha value is -2.74. The zero-order valence-corrected chi connectivity index (χ0v) is 16.4. The SMILES string of the molecule is CCOCCN1C(=O)COC[C@@H]1[C@H](O)c1ccc(NC(=O)c2ccccc2)cc1. The Kier molecular flexibility index (Phi) is 7.35. The fourth-order valence-electron chi connectivity index (χ4n) is 3.26. The van der Waals surface area contributed by atoms with Gasteiger partial charge in [0.25, 0.3) is 5.91 Å². The zero-order chi connectivity index (χ0) is 20.6. The van der Waals surface area contributed by atoms with Crippen molar-refractivity contribution in [2.45, 2.75) is 19.1 Å². The van der Waals surface area contributed by atoms with Crippen molar-refractivity contribution in [3.63, 3.8) is 0 Å². The highest BCUT2D eigenvalue weighted by Gasteiger charge is 2.34. The van der Waals surface area contributed by atoms with Crippen LogP contribution in [0.3, 0.4) is 0 Å². The van der Waals surface area contributed by atoms with Gasteiger partial charge in [-0.15, -0.1) is 0 Å². The lowest BCUT2D eigenvalue weighted by Crippen LogP contribution is -2.53. The molecule has 2 N–H and O–H groups in total. The third kappa shape index (κ3) is 5.41. The van der Waals surface area contributed by atoms with Crippen LogP contribution in [-0.4, -0.2) is 60.8 Å². The molecular weight excluding hydrogens is 372 g/mol. The van der Waals surface area contributed by atoms with E-state index in [-0.39, 0.29) is 25.0 Å². The van der Waals surface area contributed by atoms with E-state index in [2.05, 4.69) is 5.32 Å². The van der Waals surface area contributed by atoms with Crippen LogP contribution in [0.25, 0.3) is 0 Å². The number of amides is 2. The van der Waals surface area contributed by atoms with Gasteiger partial charge >= 0.3 is 0 Å². The van der Waals surface area contributed by atoms with Gasteiger partial charge in [-0.2, -0.15) is 0 Å². The number of rotatable bonds is 8. The number of nitrogens with zero attached hydrogens (tertiary/aromatic N) is 1. The predicted molar refractivity (Wildman–Crippen MR) is 109 cm³/mol. The minimum absolute atomic E-state index is 0.0137. The molecule has 0 aliphatic carbocycles. The van der Waals surface area contributed by atoms with Gasteiger partial charge in [-0.25, -0.2) is 0 Å². The monoisotopic (exact) mass is 398 g/mol. The van der Waals surface area contributed by atoms with Crippen LogP contribution < -0.4 is 5.32 Å². The first-order valence-corrected chi connectivity index (χ1v) is 9.69. The minimum atomic E-state index is -0.903. The van der Waals surface area contributed by atoms with E-state index < -0.39 is 12.1 Å². The molecule has 154 valence electrons. The van der Waals surface area contributed by atoms with Crippen molar-refractivity contribution in [3.8, 4) is 0 Å². The van der Waals surface area contributed by atoms with Crippen molar-refractivity contribution in [2.75, 3.05) is 38.3 Å². The van der Waals surface area contributed by atoms with Crippen LogP contribution in [-0.2, 0) is 14.3 Å². The average molecular weight is 398 g/mol. The Morgan fingerprint density at radius 3 is 2.66 bits per heavy atom. The van der Waals surface area contributed by atoms with Gasteiger partial charge in [-0.1, -0.05) is 30.3 Å². The van der Waals surface area contributed by atoms with E-state index in [4.69, 9.17) is 9.47 Å². The van der Waals surface area contributed by atoms with E-state index in [1.807, 2.05) is 13.0 Å². The third-order valence-electron chi connectivity index (χ3n) is 4.83. The lowest BCUT2D eigenvalue weighted by atomic mass is 10.00. The summed E-state index contributed by atoms with van der Waals surface area (Å²) in [5.41, 5.74) is 1.84. The van der Waals surface area contributed by atoms with Crippen molar-refractivity contribution in [1.29, 1.82) is 0 Å². The molecule has 0 saturated carbocycles. The maximum absolute atomic E-state index is 12.3. The van der Waals surface area contributed by atoms with Crippen LogP contribution in [0.1, 0.15) is 28.9 Å². The Morgan fingerprint density at radius 1 is 1.24 bits per heavy atom. The number of morpholine rings is 1. The summed E-state index contributed by atoms with van der Waals surface area (Å²) in [6, 6.07) is 15.4. The second kappa shape index (κ2) is 10.2. The standard InChI is InChI=1S/C22H26N2O5/c1-2-28-13-12-24-19(14-29-15-20(24)25)21(26)16-8-10-18(11-9-16)23-22(27)17-6-4-3-5-7-17/h3-11,19,21,26H,2,12-15H2,1H3,(H,23,27)/t19-,21-/m1/s1. The van der Waals surface area contributed by atoms with Crippen LogP contribution in [0.4, 0.5) is 5.69 Å². The molecule has 7 heteroatoms. The van der Waals surface area contributed by atoms with E-state index >= 15 is 0 Å². The van der Waals surface area contributed by atoms with Crippen LogP contribution in [0.5, 0.6) is 0 Å². The molecule has 1 saturated heterocycles. The Balaban J connectivity index is 1.66. The van der Waals surface area contributed by atoms with Gasteiger partial charge in [-0.3, -0.25) is 9.59 Å². The van der Waals surface area contributed by atoms with Crippen LogP contribution >= 0.6 is 0 Å². The number of ether oxygens (including phenoxy) is 2. The topological polar surface area (TPSA) is 88.1 Å². The number of hydrogen-bond acceptors (Lipinski definition) is 5. The summed E-state index contributed by atoms with van der Waals surface area (Å²) in [6.45, 7) is 3.55. The lowest BCUT2D eigenvalue weighted by molar-refractivity contribution is -0.155. The number of benzene rings is 2. The highest BCUT2D eigenvalue weighted by Crippen LogP contribution is 2.25. The number of nitrogens with one attached hydrogen (secondary N) is 1. The summed E-state index contributed by atoms with van der Waals surface area (Å²) in [5, 5.41) is 13.7. The summed E-state index contributed by atoms with van der Waals surface area (Å²) in [6.07, 6.45) is -0.903. The molecule has 3 rings (SSSR count). The van der Waals surface area contributed by atoms with Crippen molar-refractivity contribution in [2.24, 2.45) is 0 Å². The van der Waals surface area contributed by atoms with Crippen molar-refractivity contribution in [1.82, 2.24) is 4.90 Å². The van der Waals surface area contributed by atoms with Gasteiger partial charge in [0, 0.05) is 24.4 Å². The lowest BCUT2D eigenvalue weighted by Gasteiger charge is -2.38. The second-order valence-corrected chi connectivity index (χ2v) is 6.75. The third-order valence-corrected chi connectivity index (χ3v) is 4.83. The van der Waals surface area contributed by atoms with Crippen LogP contribution in [0, 0.1) is 0 Å². The summed E-state index contributed by atoms with van der Waals surface area (Å²) >= 11 is 0. The fourth-order valence-corrected chi connectivity index (χ4v) is 3.26. The summed E-state index contributed by atoms with van der Waals surface area (Å²) in [5.74, 6) is -0.362. The molecule has 2 amide bonds.